The molecule has 0 saturated heterocycles. The van der Waals surface area contributed by atoms with E-state index in [0.717, 1.165) is 80.7 Å². The molecule has 0 atom stereocenters. The molecule has 0 saturated carbocycles. The summed E-state index contributed by atoms with van der Waals surface area (Å²) in [5.41, 5.74) is 7.92. The number of fused-ring (bicyclic) bond motifs is 4. The van der Waals surface area contributed by atoms with E-state index in [0.29, 0.717) is 37.3 Å². The van der Waals surface area contributed by atoms with Crippen LogP contribution >= 0.6 is 0 Å². The minimum Gasteiger partial charge on any atom is -0.405 e. The second-order valence-corrected chi connectivity index (χ2v) is 14.5. The molecule has 19 heteroatoms. The quantitative estimate of drug-likeness (QED) is 0.0932. The van der Waals surface area contributed by atoms with Gasteiger partial charge in [0.1, 0.15) is 35.8 Å². The fourth-order valence-corrected chi connectivity index (χ4v) is 7.11. The van der Waals surface area contributed by atoms with Gasteiger partial charge in [-0.3, -0.25) is 19.7 Å². The van der Waals surface area contributed by atoms with Gasteiger partial charge in [0.25, 0.3) is 0 Å². The van der Waals surface area contributed by atoms with Crippen LogP contribution in [0.4, 0.5) is 49.4 Å². The Morgan fingerprint density at radius 1 is 0.600 bits per heavy atom. The number of carbonyl (C=O) groups excluding carboxylic acids is 1. The van der Waals surface area contributed by atoms with Crippen molar-refractivity contribution in [2.45, 2.75) is 45.4 Å². The molecule has 4 aromatic heterocycles. The SMILES string of the molecule is FC(F)(F)Oc1ccccc1CN1Cc2ncnc(Nc3cnc4ccccc4c3)c2C1.O=Cc1ccccc1OC(F)(F)F.c1ccc2ncc(Nc3ncnc4c3CNC4)cc2c1. The van der Waals surface area contributed by atoms with Crippen LogP contribution in [-0.4, -0.2) is 53.8 Å². The summed E-state index contributed by atoms with van der Waals surface area (Å²) in [5, 5.41) is 12.1. The molecule has 10 rings (SSSR count). The van der Waals surface area contributed by atoms with Crippen molar-refractivity contribution < 1.29 is 40.6 Å². The lowest BCUT2D eigenvalue weighted by atomic mass is 10.2. The van der Waals surface area contributed by atoms with E-state index in [9.17, 15) is 31.1 Å². The van der Waals surface area contributed by atoms with Crippen molar-refractivity contribution in [2.24, 2.45) is 0 Å². The van der Waals surface area contributed by atoms with Crippen molar-refractivity contribution in [2.75, 3.05) is 10.6 Å². The number of alkyl halides is 6. The Bertz CT molecular complexity index is 2960. The monoisotopic (exact) mass is 890 g/mol. The van der Waals surface area contributed by atoms with E-state index >= 15 is 0 Å². The summed E-state index contributed by atoms with van der Waals surface area (Å²) in [4.78, 5) is 38.5. The van der Waals surface area contributed by atoms with Gasteiger partial charge >= 0.3 is 12.7 Å². The zero-order valence-electron chi connectivity index (χ0n) is 33.9. The fraction of sp³-hybridized carbons (Fsp3) is 0.152. The van der Waals surface area contributed by atoms with Crippen LogP contribution in [0.3, 0.4) is 0 Å². The Hall–Kier alpha value is -7.77. The van der Waals surface area contributed by atoms with Crippen molar-refractivity contribution in [3.8, 4) is 11.5 Å². The van der Waals surface area contributed by atoms with Gasteiger partial charge in [-0.25, -0.2) is 19.9 Å². The molecule has 0 radical (unpaired) electrons. The number of pyridine rings is 2. The number of halogens is 6. The summed E-state index contributed by atoms with van der Waals surface area (Å²) in [7, 11) is 0. The van der Waals surface area contributed by atoms with Gasteiger partial charge in [-0.2, -0.15) is 0 Å². The van der Waals surface area contributed by atoms with Crippen LogP contribution in [-0.2, 0) is 32.7 Å². The molecule has 0 fully saturated rings. The minimum atomic E-state index is -4.76. The first-order chi connectivity index (χ1) is 31.4. The zero-order chi connectivity index (χ0) is 45.4. The van der Waals surface area contributed by atoms with Gasteiger partial charge in [-0.1, -0.05) is 66.7 Å². The summed E-state index contributed by atoms with van der Waals surface area (Å²) < 4.78 is 81.2. The van der Waals surface area contributed by atoms with Crippen molar-refractivity contribution in [1.82, 2.24) is 40.1 Å². The Morgan fingerprint density at radius 3 is 1.77 bits per heavy atom. The molecule has 2 aliphatic heterocycles. The highest BCUT2D eigenvalue weighted by molar-refractivity contribution is 5.83. The first kappa shape index (κ1) is 43.9. The average molecular weight is 891 g/mol. The molecule has 0 amide bonds. The number of hydrogen-bond acceptors (Lipinski definition) is 13. The van der Waals surface area contributed by atoms with Crippen LogP contribution in [0.25, 0.3) is 21.8 Å². The summed E-state index contributed by atoms with van der Waals surface area (Å²) in [6, 6.07) is 31.3. The Balaban J connectivity index is 0.000000148. The van der Waals surface area contributed by atoms with E-state index in [1.807, 2.05) is 59.6 Å². The molecule has 330 valence electrons. The highest BCUT2D eigenvalue weighted by Gasteiger charge is 2.33. The van der Waals surface area contributed by atoms with Gasteiger partial charge in [0.05, 0.1) is 51.8 Å². The molecule has 65 heavy (non-hydrogen) atoms. The average Bonchev–Trinajstić information content (AvgIpc) is 3.95. The van der Waals surface area contributed by atoms with Gasteiger partial charge in [-0.05, 0) is 42.5 Å². The summed E-state index contributed by atoms with van der Waals surface area (Å²) in [5.74, 6) is 0.846. The van der Waals surface area contributed by atoms with Gasteiger partial charge < -0.3 is 25.4 Å². The number of para-hydroxylation sites is 4. The molecule has 0 unspecified atom stereocenters. The van der Waals surface area contributed by atoms with E-state index in [1.54, 1.807) is 24.7 Å². The molecule has 4 aromatic carbocycles. The number of rotatable bonds is 9. The number of aromatic nitrogens is 6. The molecule has 8 aromatic rings. The lowest BCUT2D eigenvalue weighted by Gasteiger charge is -2.18. The standard InChI is InChI=1S/C23H18F3N5O.C15H13N5.C8H5F3O2/c24-23(25,26)32-21-8-4-2-6-16(21)11-31-12-18-20(13-31)28-14-29-22(18)30-17-9-15-5-1-3-7-19(15)27-10-17;1-2-4-13-10(3-1)5-11(6-17-13)20-15-12-7-16-8-14(12)18-9-19-15;9-8(10,11)13-7-4-2-1-3-6(7)5-12/h1-10,14H,11-13H2,(H,28,29,30);1-6,9,16H,7-8H2,(H,18,19,20);1-5H. The van der Waals surface area contributed by atoms with E-state index < -0.39 is 18.5 Å². The summed E-state index contributed by atoms with van der Waals surface area (Å²) in [6.45, 7) is 2.91. The molecule has 6 heterocycles. The predicted molar refractivity (Wildman–Crippen MR) is 229 cm³/mol. The zero-order valence-corrected chi connectivity index (χ0v) is 33.9. The van der Waals surface area contributed by atoms with Crippen LogP contribution in [0.5, 0.6) is 11.5 Å². The Kier molecular flexibility index (Phi) is 13.0. The topological polar surface area (TPSA) is 152 Å². The maximum atomic E-state index is 12.7. The van der Waals surface area contributed by atoms with Crippen molar-refractivity contribution in [3.05, 3.63) is 168 Å². The molecule has 0 spiro atoms. The van der Waals surface area contributed by atoms with Crippen molar-refractivity contribution >= 4 is 51.1 Å². The highest BCUT2D eigenvalue weighted by atomic mass is 19.4. The number of anilines is 4. The van der Waals surface area contributed by atoms with Crippen LogP contribution < -0.4 is 25.4 Å². The fourth-order valence-electron chi connectivity index (χ4n) is 7.11. The number of carbonyl (C=O) groups is 1. The van der Waals surface area contributed by atoms with Crippen molar-refractivity contribution in [3.63, 3.8) is 0 Å². The van der Waals surface area contributed by atoms with E-state index in [-0.39, 0.29) is 11.3 Å². The lowest BCUT2D eigenvalue weighted by Crippen LogP contribution is -2.21. The third kappa shape index (κ3) is 11.4. The second kappa shape index (κ2) is 19.3. The summed E-state index contributed by atoms with van der Waals surface area (Å²) in [6.07, 6.45) is -2.53. The van der Waals surface area contributed by atoms with Gasteiger partial charge in [0.2, 0.25) is 0 Å². The van der Waals surface area contributed by atoms with Crippen molar-refractivity contribution in [1.29, 1.82) is 0 Å². The number of aldehydes is 1. The maximum Gasteiger partial charge on any atom is 0.573 e. The Morgan fingerprint density at radius 2 is 1.14 bits per heavy atom. The normalized spacial score (nSPS) is 13.1. The molecule has 0 aliphatic carbocycles. The number of ether oxygens (including phenoxy) is 2. The number of nitrogens with zero attached hydrogens (tertiary/aromatic N) is 7. The molecule has 0 bridgehead atoms. The first-order valence-electron chi connectivity index (χ1n) is 19.8. The smallest absolute Gasteiger partial charge is 0.405 e. The van der Waals surface area contributed by atoms with E-state index in [1.165, 1.54) is 36.7 Å². The third-order valence-electron chi connectivity index (χ3n) is 9.99. The number of benzene rings is 4. The van der Waals surface area contributed by atoms with Gasteiger partial charge in [0, 0.05) is 60.2 Å². The lowest BCUT2D eigenvalue weighted by molar-refractivity contribution is -0.275. The van der Waals surface area contributed by atoms with Crippen LogP contribution in [0.15, 0.2) is 134 Å². The Labute approximate surface area is 366 Å². The molecule has 13 nitrogen and oxygen atoms in total. The minimum absolute atomic E-state index is 0.125. The predicted octanol–water partition coefficient (Wildman–Crippen LogP) is 9.95. The van der Waals surface area contributed by atoms with Gasteiger partial charge in [-0.15, -0.1) is 26.3 Å². The molecular formula is C46H36F6N10O3. The number of nitrogens with one attached hydrogen (secondary N) is 3. The highest BCUT2D eigenvalue weighted by Crippen LogP contribution is 2.33. The third-order valence-corrected chi connectivity index (χ3v) is 9.99. The van der Waals surface area contributed by atoms with E-state index in [2.05, 4.69) is 67.5 Å². The molecule has 2 aliphatic rings. The van der Waals surface area contributed by atoms with Crippen LogP contribution in [0.2, 0.25) is 0 Å². The molecular weight excluding hydrogens is 855 g/mol. The van der Waals surface area contributed by atoms with Crippen LogP contribution in [0.1, 0.15) is 38.4 Å². The summed E-state index contributed by atoms with van der Waals surface area (Å²) >= 11 is 0. The second-order valence-electron chi connectivity index (χ2n) is 14.5. The number of hydrogen-bond donors (Lipinski definition) is 3. The first-order valence-corrected chi connectivity index (χ1v) is 19.8. The van der Waals surface area contributed by atoms with Gasteiger partial charge in [0.15, 0.2) is 6.29 Å². The molecule has 3 N–H and O–H groups in total. The van der Waals surface area contributed by atoms with Crippen LogP contribution in [0, 0.1) is 0 Å². The largest absolute Gasteiger partial charge is 0.573 e. The maximum absolute atomic E-state index is 12.7. The van der Waals surface area contributed by atoms with E-state index in [4.69, 9.17) is 0 Å².